The minimum absolute atomic E-state index is 0.00479. The third-order valence-electron chi connectivity index (χ3n) is 4.26. The molecule has 144 valence electrons. The number of hydrogen-bond donors (Lipinski definition) is 2. The van der Waals surface area contributed by atoms with E-state index in [9.17, 15) is 9.59 Å². The van der Waals surface area contributed by atoms with Gasteiger partial charge in [0.1, 0.15) is 6.04 Å². The Bertz CT molecular complexity index is 735. The smallest absolute Gasteiger partial charge is 0.243 e. The minimum Gasteiger partial charge on any atom is -0.396 e. The maximum Gasteiger partial charge on any atom is 0.243 e. The molecule has 0 aliphatic carbocycles. The molecule has 1 atom stereocenters. The van der Waals surface area contributed by atoms with Crippen molar-refractivity contribution in [1.82, 2.24) is 10.2 Å². The molecule has 2 amide bonds. The first-order chi connectivity index (χ1) is 13.0. The van der Waals surface area contributed by atoms with Gasteiger partial charge in [-0.1, -0.05) is 54.1 Å². The van der Waals surface area contributed by atoms with Crippen molar-refractivity contribution in [1.29, 1.82) is 0 Å². The number of nitrogens with one attached hydrogen (secondary N) is 1. The van der Waals surface area contributed by atoms with Crippen LogP contribution in [0.1, 0.15) is 24.5 Å². The highest BCUT2D eigenvalue weighted by Crippen LogP contribution is 2.16. The number of amides is 2. The van der Waals surface area contributed by atoms with Crippen molar-refractivity contribution in [2.45, 2.75) is 32.4 Å². The Hall–Kier alpha value is -2.37. The Kier molecular flexibility index (Phi) is 8.30. The monoisotopic (exact) mass is 388 g/mol. The third-order valence-corrected chi connectivity index (χ3v) is 4.51. The molecule has 0 aliphatic heterocycles. The van der Waals surface area contributed by atoms with E-state index in [0.29, 0.717) is 31.0 Å². The lowest BCUT2D eigenvalue weighted by atomic mass is 10.0. The van der Waals surface area contributed by atoms with Crippen molar-refractivity contribution in [2.24, 2.45) is 0 Å². The van der Waals surface area contributed by atoms with E-state index in [4.69, 9.17) is 16.7 Å². The topological polar surface area (TPSA) is 69.6 Å². The van der Waals surface area contributed by atoms with Crippen LogP contribution in [-0.2, 0) is 22.6 Å². The quantitative estimate of drug-likeness (QED) is 0.649. The molecule has 0 saturated carbocycles. The van der Waals surface area contributed by atoms with Crippen LogP contribution in [0.5, 0.6) is 0 Å². The molecule has 0 saturated heterocycles. The zero-order chi connectivity index (χ0) is 19.6. The van der Waals surface area contributed by atoms with Crippen LogP contribution >= 0.6 is 11.6 Å². The number of nitrogens with zero attached hydrogens (tertiary/aromatic N) is 1. The summed E-state index contributed by atoms with van der Waals surface area (Å²) in [6, 6.07) is 16.2. The molecule has 2 N–H and O–H groups in total. The lowest BCUT2D eigenvalue weighted by molar-refractivity contribution is -0.139. The fraction of sp³-hybridized carbons (Fsp3) is 0.333. The van der Waals surface area contributed by atoms with E-state index < -0.39 is 6.04 Å². The Labute approximate surface area is 165 Å². The standard InChI is InChI=1S/C21H25ClN2O3/c1-16(26)24(15-18-8-10-19(22)11-9-18)20(21(27)23-12-5-13-25)14-17-6-3-2-4-7-17/h2-4,6-11,20,25H,5,12-15H2,1H3,(H,23,27). The number of aliphatic hydroxyl groups excluding tert-OH is 1. The zero-order valence-corrected chi connectivity index (χ0v) is 16.2. The second kappa shape index (κ2) is 10.7. The van der Waals surface area contributed by atoms with Crippen molar-refractivity contribution >= 4 is 23.4 Å². The first kappa shape index (κ1) is 20.9. The van der Waals surface area contributed by atoms with Gasteiger partial charge in [0, 0.05) is 38.1 Å². The molecule has 0 aliphatic rings. The molecular weight excluding hydrogens is 364 g/mol. The van der Waals surface area contributed by atoms with Crippen LogP contribution in [0.25, 0.3) is 0 Å². The molecule has 1 unspecified atom stereocenters. The van der Waals surface area contributed by atoms with Gasteiger partial charge in [-0.25, -0.2) is 0 Å². The Morgan fingerprint density at radius 3 is 2.33 bits per heavy atom. The van der Waals surface area contributed by atoms with Crippen molar-refractivity contribution in [3.63, 3.8) is 0 Å². The third kappa shape index (κ3) is 6.70. The van der Waals surface area contributed by atoms with Crippen LogP contribution in [-0.4, -0.2) is 41.0 Å². The van der Waals surface area contributed by atoms with E-state index >= 15 is 0 Å². The summed E-state index contributed by atoms with van der Waals surface area (Å²) >= 11 is 5.94. The molecule has 0 fully saturated rings. The summed E-state index contributed by atoms with van der Waals surface area (Å²) in [6.45, 7) is 2.16. The van der Waals surface area contributed by atoms with Crippen molar-refractivity contribution < 1.29 is 14.7 Å². The first-order valence-electron chi connectivity index (χ1n) is 8.95. The number of aliphatic hydroxyl groups is 1. The van der Waals surface area contributed by atoms with Gasteiger partial charge in [0.25, 0.3) is 0 Å². The van der Waals surface area contributed by atoms with Gasteiger partial charge in [-0.2, -0.15) is 0 Å². The summed E-state index contributed by atoms with van der Waals surface area (Å²) in [5.41, 5.74) is 1.87. The van der Waals surface area contributed by atoms with E-state index in [2.05, 4.69) is 5.32 Å². The molecular formula is C21H25ClN2O3. The van der Waals surface area contributed by atoms with Crippen LogP contribution in [0.3, 0.4) is 0 Å². The summed E-state index contributed by atoms with van der Waals surface area (Å²) in [7, 11) is 0. The van der Waals surface area contributed by atoms with Gasteiger partial charge in [0.2, 0.25) is 11.8 Å². The maximum atomic E-state index is 12.8. The highest BCUT2D eigenvalue weighted by Gasteiger charge is 2.28. The van der Waals surface area contributed by atoms with Gasteiger partial charge in [0.05, 0.1) is 0 Å². The second-order valence-corrected chi connectivity index (χ2v) is 6.78. The van der Waals surface area contributed by atoms with E-state index in [1.165, 1.54) is 6.92 Å². The maximum absolute atomic E-state index is 12.8. The molecule has 0 bridgehead atoms. The number of carbonyl (C=O) groups excluding carboxylic acids is 2. The van der Waals surface area contributed by atoms with Crippen LogP contribution in [0.2, 0.25) is 5.02 Å². The van der Waals surface area contributed by atoms with Gasteiger partial charge < -0.3 is 15.3 Å². The normalized spacial score (nSPS) is 11.7. The molecule has 2 aromatic rings. The largest absolute Gasteiger partial charge is 0.396 e. The number of hydrogen-bond acceptors (Lipinski definition) is 3. The summed E-state index contributed by atoms with van der Waals surface area (Å²) in [4.78, 5) is 26.7. The van der Waals surface area contributed by atoms with Gasteiger partial charge in [-0.15, -0.1) is 0 Å². The van der Waals surface area contributed by atoms with Gasteiger partial charge >= 0.3 is 0 Å². The SMILES string of the molecule is CC(=O)N(Cc1ccc(Cl)cc1)C(Cc1ccccc1)C(=O)NCCCO. The predicted octanol–water partition coefficient (Wildman–Crippen LogP) is 2.80. The lowest BCUT2D eigenvalue weighted by Crippen LogP contribution is -2.50. The fourth-order valence-corrected chi connectivity index (χ4v) is 2.94. The number of halogens is 1. The van der Waals surface area contributed by atoms with Crippen molar-refractivity contribution in [2.75, 3.05) is 13.2 Å². The molecule has 0 spiro atoms. The number of rotatable bonds is 9. The minimum atomic E-state index is -0.640. The molecule has 0 aromatic heterocycles. The molecule has 6 heteroatoms. The summed E-state index contributed by atoms with van der Waals surface area (Å²) < 4.78 is 0. The van der Waals surface area contributed by atoms with Crippen molar-refractivity contribution in [3.05, 3.63) is 70.7 Å². The van der Waals surface area contributed by atoms with Crippen LogP contribution in [0.15, 0.2) is 54.6 Å². The van der Waals surface area contributed by atoms with E-state index in [1.54, 1.807) is 17.0 Å². The van der Waals surface area contributed by atoms with Crippen LogP contribution in [0.4, 0.5) is 0 Å². The van der Waals surface area contributed by atoms with E-state index in [0.717, 1.165) is 11.1 Å². The average Bonchev–Trinajstić information content (AvgIpc) is 2.66. The van der Waals surface area contributed by atoms with Gasteiger partial charge in [-0.3, -0.25) is 9.59 Å². The molecule has 5 nitrogen and oxygen atoms in total. The molecule has 0 heterocycles. The van der Waals surface area contributed by atoms with E-state index in [1.807, 2.05) is 42.5 Å². The summed E-state index contributed by atoms with van der Waals surface area (Å²) in [5.74, 6) is -0.403. The van der Waals surface area contributed by atoms with Crippen LogP contribution in [0, 0.1) is 0 Å². The number of benzene rings is 2. The number of carbonyl (C=O) groups is 2. The Morgan fingerprint density at radius 1 is 1.07 bits per heavy atom. The Morgan fingerprint density at radius 2 is 1.74 bits per heavy atom. The predicted molar refractivity (Wildman–Crippen MR) is 106 cm³/mol. The Balaban J connectivity index is 2.23. The lowest BCUT2D eigenvalue weighted by Gasteiger charge is -2.30. The highest BCUT2D eigenvalue weighted by molar-refractivity contribution is 6.30. The molecule has 2 rings (SSSR count). The summed E-state index contributed by atoms with van der Waals surface area (Å²) in [5, 5.41) is 12.4. The second-order valence-electron chi connectivity index (χ2n) is 6.35. The zero-order valence-electron chi connectivity index (χ0n) is 15.4. The fourth-order valence-electron chi connectivity index (χ4n) is 2.82. The highest BCUT2D eigenvalue weighted by atomic mass is 35.5. The van der Waals surface area contributed by atoms with Gasteiger partial charge in [-0.05, 0) is 29.7 Å². The molecule has 2 aromatic carbocycles. The summed E-state index contributed by atoms with van der Waals surface area (Å²) in [6.07, 6.45) is 0.889. The average molecular weight is 389 g/mol. The van der Waals surface area contributed by atoms with Crippen LogP contribution < -0.4 is 5.32 Å². The van der Waals surface area contributed by atoms with E-state index in [-0.39, 0.29) is 18.4 Å². The van der Waals surface area contributed by atoms with Gasteiger partial charge in [0.15, 0.2) is 0 Å². The molecule has 27 heavy (non-hydrogen) atoms. The molecule has 0 radical (unpaired) electrons. The van der Waals surface area contributed by atoms with Crippen molar-refractivity contribution in [3.8, 4) is 0 Å². The first-order valence-corrected chi connectivity index (χ1v) is 9.33.